The first kappa shape index (κ1) is 19.0. The number of nitrogens with zero attached hydrogens (tertiary/aromatic N) is 1. The van der Waals surface area contributed by atoms with Crippen LogP contribution in [0.3, 0.4) is 0 Å². The molecule has 6 heteroatoms. The lowest BCUT2D eigenvalue weighted by Gasteiger charge is -2.29. The number of hydrogen-bond donors (Lipinski definition) is 1. The number of hydrogen-bond acceptors (Lipinski definition) is 4. The van der Waals surface area contributed by atoms with E-state index in [1.165, 1.54) is 4.90 Å². The number of carbonyl (C=O) groups excluding carboxylic acids is 1. The molecule has 0 saturated carbocycles. The number of aryl methyl sites for hydroxylation is 1. The Hall–Kier alpha value is -2.96. The van der Waals surface area contributed by atoms with Gasteiger partial charge in [-0.1, -0.05) is 42.0 Å². The molecule has 30 heavy (non-hydrogen) atoms. The van der Waals surface area contributed by atoms with Crippen molar-refractivity contribution in [1.82, 2.24) is 4.90 Å². The number of carbonyl (C=O) groups is 1. The van der Waals surface area contributed by atoms with E-state index in [2.05, 4.69) is 0 Å². The van der Waals surface area contributed by atoms with Gasteiger partial charge in [-0.05, 0) is 24.6 Å². The number of rotatable bonds is 4. The molecule has 1 fully saturated rings. The average Bonchev–Trinajstić information content (AvgIpc) is 3.06. The van der Waals surface area contributed by atoms with E-state index >= 15 is 0 Å². The second kappa shape index (κ2) is 7.70. The minimum Gasteiger partial charge on any atom is -0.450 e. The summed E-state index contributed by atoms with van der Waals surface area (Å²) in [6.07, 6.45) is 0. The van der Waals surface area contributed by atoms with Gasteiger partial charge in [0.05, 0.1) is 43.3 Å². The minimum atomic E-state index is -0.422. The molecule has 0 unspecified atom stereocenters. The van der Waals surface area contributed by atoms with Gasteiger partial charge in [-0.25, -0.2) is 0 Å². The van der Waals surface area contributed by atoms with Crippen molar-refractivity contribution in [2.45, 2.75) is 13.0 Å². The van der Waals surface area contributed by atoms with Gasteiger partial charge in [-0.2, -0.15) is 0 Å². The Kier molecular flexibility index (Phi) is 4.89. The van der Waals surface area contributed by atoms with E-state index in [0.717, 1.165) is 44.0 Å². The molecule has 2 aromatic carbocycles. The molecule has 1 atom stereocenters. The van der Waals surface area contributed by atoms with Crippen LogP contribution < -0.4 is 10.3 Å². The van der Waals surface area contributed by atoms with E-state index < -0.39 is 6.04 Å². The molecule has 1 amide bonds. The van der Waals surface area contributed by atoms with Crippen molar-refractivity contribution in [3.05, 3.63) is 81.2 Å². The third kappa shape index (κ3) is 3.22. The maximum atomic E-state index is 13.4. The van der Waals surface area contributed by atoms with Crippen molar-refractivity contribution >= 4 is 16.9 Å². The van der Waals surface area contributed by atoms with E-state index in [1.54, 1.807) is 12.1 Å². The van der Waals surface area contributed by atoms with Crippen LogP contribution in [0.4, 0.5) is 0 Å². The minimum absolute atomic E-state index is 0.119. The van der Waals surface area contributed by atoms with E-state index in [0.29, 0.717) is 23.1 Å². The zero-order valence-electron chi connectivity index (χ0n) is 17.0. The monoisotopic (exact) mass is 405 g/mol. The number of para-hydroxylation sites is 1. The van der Waals surface area contributed by atoms with Crippen LogP contribution in [-0.2, 0) is 4.74 Å². The topological polar surface area (TPSA) is 64.2 Å². The maximum absolute atomic E-state index is 13.4. The molecule has 0 bridgehead atoms. The van der Waals surface area contributed by atoms with Gasteiger partial charge in [0, 0.05) is 0 Å². The Morgan fingerprint density at radius 2 is 1.77 bits per heavy atom. The molecule has 1 N–H and O–H groups in total. The molecule has 0 radical (unpaired) electrons. The van der Waals surface area contributed by atoms with Crippen LogP contribution in [-0.4, -0.2) is 50.2 Å². The van der Waals surface area contributed by atoms with Gasteiger partial charge in [0.25, 0.3) is 5.91 Å². The van der Waals surface area contributed by atoms with Gasteiger partial charge < -0.3 is 19.0 Å². The van der Waals surface area contributed by atoms with Crippen LogP contribution in [0.2, 0.25) is 0 Å². The zero-order chi connectivity index (χ0) is 20.7. The Labute approximate surface area is 174 Å². The fourth-order valence-corrected chi connectivity index (χ4v) is 4.48. The average molecular weight is 405 g/mol. The lowest BCUT2D eigenvalue weighted by molar-refractivity contribution is -0.907. The predicted molar refractivity (Wildman–Crippen MR) is 113 cm³/mol. The van der Waals surface area contributed by atoms with Crippen LogP contribution in [0.25, 0.3) is 11.0 Å². The number of benzene rings is 2. The van der Waals surface area contributed by atoms with Gasteiger partial charge in [-0.3, -0.25) is 9.59 Å². The lowest BCUT2D eigenvalue weighted by Crippen LogP contribution is -3.14. The van der Waals surface area contributed by atoms with Gasteiger partial charge in [-0.15, -0.1) is 0 Å². The molecule has 5 rings (SSSR count). The number of nitrogens with one attached hydrogen (secondary N) is 1. The summed E-state index contributed by atoms with van der Waals surface area (Å²) in [5.41, 5.74) is 2.87. The normalized spacial score (nSPS) is 19.4. The van der Waals surface area contributed by atoms with E-state index in [4.69, 9.17) is 9.15 Å². The zero-order valence-corrected chi connectivity index (χ0v) is 17.0. The first-order chi connectivity index (χ1) is 14.6. The predicted octanol–water partition coefficient (Wildman–Crippen LogP) is 1.56. The molecular formula is C24H25N2O4+. The molecule has 1 saturated heterocycles. The molecule has 154 valence electrons. The molecule has 3 aromatic rings. The smallest absolute Gasteiger partial charge is 0.291 e. The summed E-state index contributed by atoms with van der Waals surface area (Å²) in [5.74, 6) is -0.0210. The first-order valence-electron chi connectivity index (χ1n) is 10.5. The number of fused-ring (bicyclic) bond motifs is 2. The molecule has 1 aromatic heterocycles. The molecule has 3 heterocycles. The van der Waals surface area contributed by atoms with Gasteiger partial charge in [0.15, 0.2) is 5.43 Å². The first-order valence-corrected chi connectivity index (χ1v) is 10.5. The lowest BCUT2D eigenvalue weighted by atomic mass is 9.98. The third-order valence-corrected chi connectivity index (χ3v) is 6.17. The Balaban J connectivity index is 1.59. The number of morpholine rings is 1. The van der Waals surface area contributed by atoms with E-state index in [9.17, 15) is 9.59 Å². The summed E-state index contributed by atoms with van der Waals surface area (Å²) in [7, 11) is 0. The summed E-state index contributed by atoms with van der Waals surface area (Å²) in [4.78, 5) is 30.0. The van der Waals surface area contributed by atoms with E-state index in [1.807, 2.05) is 48.2 Å². The van der Waals surface area contributed by atoms with Crippen LogP contribution >= 0.6 is 0 Å². The second-order valence-electron chi connectivity index (χ2n) is 8.09. The highest BCUT2D eigenvalue weighted by molar-refractivity contribution is 5.99. The molecule has 6 nitrogen and oxygen atoms in total. The van der Waals surface area contributed by atoms with Crippen molar-refractivity contribution in [2.24, 2.45) is 0 Å². The Bertz CT molecular complexity index is 1150. The van der Waals surface area contributed by atoms with Crippen molar-refractivity contribution in [3.8, 4) is 0 Å². The summed E-state index contributed by atoms with van der Waals surface area (Å²) in [5, 5.41) is 0.516. The Morgan fingerprint density at radius 1 is 1.03 bits per heavy atom. The maximum Gasteiger partial charge on any atom is 0.291 e. The summed E-state index contributed by atoms with van der Waals surface area (Å²) in [6.45, 7) is 6.77. The summed E-state index contributed by atoms with van der Waals surface area (Å²) in [6, 6.07) is 14.8. The fourth-order valence-electron chi connectivity index (χ4n) is 4.48. The van der Waals surface area contributed by atoms with Crippen LogP contribution in [0, 0.1) is 6.92 Å². The quantitative estimate of drug-likeness (QED) is 0.716. The highest BCUT2D eigenvalue weighted by Gasteiger charge is 2.43. The van der Waals surface area contributed by atoms with Crippen LogP contribution in [0.5, 0.6) is 0 Å². The van der Waals surface area contributed by atoms with Gasteiger partial charge >= 0.3 is 0 Å². The third-order valence-electron chi connectivity index (χ3n) is 6.17. The van der Waals surface area contributed by atoms with Crippen molar-refractivity contribution in [2.75, 3.05) is 39.4 Å². The Morgan fingerprint density at radius 3 is 2.53 bits per heavy atom. The molecule has 0 spiro atoms. The second-order valence-corrected chi connectivity index (χ2v) is 8.09. The van der Waals surface area contributed by atoms with Crippen molar-refractivity contribution in [1.29, 1.82) is 0 Å². The standard InChI is InChI=1S/C24H24N2O4/c1-16-6-8-17(9-7-16)21-20-22(27)18-4-2-3-5-19(18)30-23(20)24(28)26(21)11-10-25-12-14-29-15-13-25/h2-9,21H,10-15H2,1H3/p+1/t21-/m1/s1. The van der Waals surface area contributed by atoms with Crippen molar-refractivity contribution in [3.63, 3.8) is 0 Å². The van der Waals surface area contributed by atoms with E-state index in [-0.39, 0.29) is 17.1 Å². The fraction of sp³-hybridized carbons (Fsp3) is 0.333. The number of ether oxygens (including phenoxy) is 1. The summed E-state index contributed by atoms with van der Waals surface area (Å²) >= 11 is 0. The van der Waals surface area contributed by atoms with Crippen LogP contribution in [0.15, 0.2) is 57.7 Å². The largest absolute Gasteiger partial charge is 0.450 e. The number of quaternary nitrogens is 1. The molecule has 2 aliphatic heterocycles. The highest BCUT2D eigenvalue weighted by atomic mass is 16.5. The SMILES string of the molecule is Cc1ccc([C@@H]2c3c(oc4ccccc4c3=O)C(=O)N2CC[NH+]2CCOCC2)cc1. The molecular weight excluding hydrogens is 380 g/mol. The molecule has 2 aliphatic rings. The highest BCUT2D eigenvalue weighted by Crippen LogP contribution is 2.37. The van der Waals surface area contributed by atoms with Crippen LogP contribution in [0.1, 0.15) is 33.3 Å². The van der Waals surface area contributed by atoms with Gasteiger partial charge in [0.1, 0.15) is 18.7 Å². The molecule has 0 aliphatic carbocycles. The van der Waals surface area contributed by atoms with Gasteiger partial charge in [0.2, 0.25) is 5.76 Å². The summed E-state index contributed by atoms with van der Waals surface area (Å²) < 4.78 is 11.4. The van der Waals surface area contributed by atoms with Crippen molar-refractivity contribution < 1.29 is 18.8 Å². The number of amides is 1.